The van der Waals surface area contributed by atoms with Crippen LogP contribution in [0.4, 0.5) is 0 Å². The van der Waals surface area contributed by atoms with Crippen LogP contribution in [0.25, 0.3) is 0 Å². The third kappa shape index (κ3) is 2.72. The Balaban J connectivity index is 1.90. The maximum absolute atomic E-state index is 12.2. The molecule has 7 heteroatoms. The number of amides is 2. The first-order valence-corrected chi connectivity index (χ1v) is 7.57. The topological polar surface area (TPSA) is 79.2 Å². The molecule has 1 aliphatic rings. The number of carbonyl (C=O) groups is 2. The van der Waals surface area contributed by atoms with Crippen molar-refractivity contribution in [2.75, 3.05) is 6.61 Å². The highest BCUT2D eigenvalue weighted by molar-refractivity contribution is 6.32. The molecule has 0 fully saturated rings. The molecule has 0 saturated heterocycles. The van der Waals surface area contributed by atoms with Crippen molar-refractivity contribution in [3.63, 3.8) is 0 Å². The van der Waals surface area contributed by atoms with Crippen molar-refractivity contribution in [1.29, 1.82) is 0 Å². The number of phenolic OH excluding ortho intramolecular Hbond substituents is 1. The first kappa shape index (κ1) is 16.0. The number of fused-ring (bicyclic) bond motifs is 1. The molecular formula is C17H13ClN2O4. The van der Waals surface area contributed by atoms with E-state index in [1.54, 1.807) is 31.2 Å². The van der Waals surface area contributed by atoms with Crippen molar-refractivity contribution in [3.05, 3.63) is 58.1 Å². The second kappa shape index (κ2) is 6.33. The van der Waals surface area contributed by atoms with E-state index >= 15 is 0 Å². The van der Waals surface area contributed by atoms with Gasteiger partial charge in [-0.25, -0.2) is 0 Å². The Morgan fingerprint density at radius 2 is 1.83 bits per heavy atom. The average molecular weight is 345 g/mol. The molecule has 2 amide bonds. The number of hydrogen-bond acceptors (Lipinski definition) is 5. The number of hydrazone groups is 1. The van der Waals surface area contributed by atoms with Gasteiger partial charge in [-0.1, -0.05) is 23.7 Å². The van der Waals surface area contributed by atoms with Gasteiger partial charge in [0.05, 0.1) is 29.0 Å². The standard InChI is InChI=1S/C17H13ClN2O4/c1-2-24-14-8-10(7-13(18)15(14)21)9-19-20-16(22)11-5-3-4-6-12(11)17(20)23/h3-9,21H,2H2,1H3/b19-9+. The van der Waals surface area contributed by atoms with E-state index in [4.69, 9.17) is 16.3 Å². The Labute approximate surface area is 142 Å². The van der Waals surface area contributed by atoms with E-state index in [1.807, 2.05) is 0 Å². The van der Waals surface area contributed by atoms with Crippen LogP contribution in [-0.4, -0.2) is 34.8 Å². The summed E-state index contributed by atoms with van der Waals surface area (Å²) in [6, 6.07) is 9.51. The minimum Gasteiger partial charge on any atom is -0.503 e. The normalized spacial score (nSPS) is 13.7. The number of hydrogen-bond donors (Lipinski definition) is 1. The third-order valence-corrected chi connectivity index (χ3v) is 3.73. The van der Waals surface area contributed by atoms with Crippen molar-refractivity contribution in [2.45, 2.75) is 6.92 Å². The number of imide groups is 1. The number of benzene rings is 2. The Bertz CT molecular complexity index is 829. The van der Waals surface area contributed by atoms with Gasteiger partial charge in [0, 0.05) is 0 Å². The van der Waals surface area contributed by atoms with Crippen LogP contribution in [0.1, 0.15) is 33.2 Å². The van der Waals surface area contributed by atoms with Gasteiger partial charge in [-0.2, -0.15) is 10.1 Å². The predicted molar refractivity (Wildman–Crippen MR) is 88.8 cm³/mol. The van der Waals surface area contributed by atoms with E-state index in [-0.39, 0.29) is 16.5 Å². The van der Waals surface area contributed by atoms with Crippen molar-refractivity contribution in [3.8, 4) is 11.5 Å². The molecule has 1 aliphatic heterocycles. The molecule has 0 atom stereocenters. The first-order valence-electron chi connectivity index (χ1n) is 7.20. The van der Waals surface area contributed by atoms with E-state index in [0.717, 1.165) is 5.01 Å². The van der Waals surface area contributed by atoms with Crippen molar-refractivity contribution >= 4 is 29.6 Å². The zero-order chi connectivity index (χ0) is 17.3. The molecule has 1 heterocycles. The van der Waals surface area contributed by atoms with Crippen molar-refractivity contribution < 1.29 is 19.4 Å². The van der Waals surface area contributed by atoms with Crippen LogP contribution in [0, 0.1) is 0 Å². The first-order chi connectivity index (χ1) is 11.5. The second-order valence-corrected chi connectivity index (χ2v) is 5.40. The molecule has 122 valence electrons. The fraction of sp³-hybridized carbons (Fsp3) is 0.118. The number of halogens is 1. The fourth-order valence-electron chi connectivity index (χ4n) is 2.34. The predicted octanol–water partition coefficient (Wildman–Crippen LogP) is 3.07. The van der Waals surface area contributed by atoms with Gasteiger partial charge in [0.25, 0.3) is 11.8 Å². The number of aromatic hydroxyl groups is 1. The Hall–Kier alpha value is -2.86. The highest BCUT2D eigenvalue weighted by Crippen LogP contribution is 2.34. The van der Waals surface area contributed by atoms with Crippen LogP contribution in [-0.2, 0) is 0 Å². The molecule has 2 aromatic carbocycles. The lowest BCUT2D eigenvalue weighted by Crippen LogP contribution is -2.24. The number of carbonyl (C=O) groups excluding carboxylic acids is 2. The van der Waals surface area contributed by atoms with Crippen LogP contribution >= 0.6 is 11.6 Å². The van der Waals surface area contributed by atoms with Gasteiger partial charge in [0.15, 0.2) is 11.5 Å². The molecule has 1 N–H and O–H groups in total. The highest BCUT2D eigenvalue weighted by atomic mass is 35.5. The van der Waals surface area contributed by atoms with Gasteiger partial charge in [-0.15, -0.1) is 0 Å². The molecule has 3 rings (SSSR count). The second-order valence-electron chi connectivity index (χ2n) is 4.99. The largest absolute Gasteiger partial charge is 0.503 e. The summed E-state index contributed by atoms with van der Waals surface area (Å²) >= 11 is 5.94. The van der Waals surface area contributed by atoms with Crippen molar-refractivity contribution in [1.82, 2.24) is 5.01 Å². The lowest BCUT2D eigenvalue weighted by molar-refractivity contribution is 0.0660. The molecule has 24 heavy (non-hydrogen) atoms. The van der Waals surface area contributed by atoms with E-state index in [0.29, 0.717) is 23.3 Å². The zero-order valence-electron chi connectivity index (χ0n) is 12.7. The third-order valence-electron chi connectivity index (χ3n) is 3.45. The monoisotopic (exact) mass is 344 g/mol. The van der Waals surface area contributed by atoms with Crippen LogP contribution in [0.2, 0.25) is 5.02 Å². The van der Waals surface area contributed by atoms with Crippen LogP contribution in [0.5, 0.6) is 11.5 Å². The van der Waals surface area contributed by atoms with Crippen LogP contribution in [0.15, 0.2) is 41.5 Å². The SMILES string of the molecule is CCOc1cc(/C=N/N2C(=O)c3ccccc3C2=O)cc(Cl)c1O. The molecule has 0 radical (unpaired) electrons. The minimum absolute atomic E-state index is 0.0877. The van der Waals surface area contributed by atoms with Gasteiger partial charge in [0.1, 0.15) is 0 Å². The molecule has 2 aromatic rings. The summed E-state index contributed by atoms with van der Waals surface area (Å²) in [5.74, 6) is -0.936. The molecule has 0 aliphatic carbocycles. The Morgan fingerprint density at radius 1 is 1.21 bits per heavy atom. The summed E-state index contributed by atoms with van der Waals surface area (Å²) in [5.41, 5.74) is 1.12. The number of rotatable bonds is 4. The number of ether oxygens (including phenoxy) is 1. The summed E-state index contributed by atoms with van der Waals surface area (Å²) in [4.78, 5) is 24.4. The van der Waals surface area contributed by atoms with E-state index in [2.05, 4.69) is 5.10 Å². The number of nitrogens with zero attached hydrogens (tertiary/aromatic N) is 2. The van der Waals surface area contributed by atoms with Gasteiger partial charge in [-0.05, 0) is 36.8 Å². The molecule has 6 nitrogen and oxygen atoms in total. The average Bonchev–Trinajstić information content (AvgIpc) is 2.82. The van der Waals surface area contributed by atoms with Gasteiger partial charge in [-0.3, -0.25) is 9.59 Å². The lowest BCUT2D eigenvalue weighted by Gasteiger charge is -2.09. The molecule has 0 unspecified atom stereocenters. The van der Waals surface area contributed by atoms with Crippen LogP contribution < -0.4 is 4.74 Å². The molecule has 0 aromatic heterocycles. The molecule has 0 saturated carbocycles. The van der Waals surface area contributed by atoms with Crippen molar-refractivity contribution in [2.24, 2.45) is 5.10 Å². The minimum atomic E-state index is -0.484. The summed E-state index contributed by atoms with van der Waals surface area (Å²) in [5, 5.41) is 14.7. The maximum Gasteiger partial charge on any atom is 0.282 e. The summed E-state index contributed by atoms with van der Waals surface area (Å²) in [6.07, 6.45) is 1.32. The van der Waals surface area contributed by atoms with Gasteiger partial charge in [0.2, 0.25) is 0 Å². The molecule has 0 bridgehead atoms. The fourth-order valence-corrected chi connectivity index (χ4v) is 2.56. The van der Waals surface area contributed by atoms with E-state index < -0.39 is 11.8 Å². The smallest absolute Gasteiger partial charge is 0.282 e. The zero-order valence-corrected chi connectivity index (χ0v) is 13.4. The summed E-state index contributed by atoms with van der Waals surface area (Å²) < 4.78 is 5.28. The van der Waals surface area contributed by atoms with Crippen LogP contribution in [0.3, 0.4) is 0 Å². The van der Waals surface area contributed by atoms with E-state index in [1.165, 1.54) is 18.3 Å². The maximum atomic E-state index is 12.2. The number of phenols is 1. The van der Waals surface area contributed by atoms with Gasteiger partial charge < -0.3 is 9.84 Å². The molecule has 0 spiro atoms. The Morgan fingerprint density at radius 3 is 2.42 bits per heavy atom. The quantitative estimate of drug-likeness (QED) is 0.683. The highest BCUT2D eigenvalue weighted by Gasteiger charge is 2.35. The summed E-state index contributed by atoms with van der Waals surface area (Å²) in [6.45, 7) is 2.12. The molecular weight excluding hydrogens is 332 g/mol. The lowest BCUT2D eigenvalue weighted by atomic mass is 10.1. The van der Waals surface area contributed by atoms with Gasteiger partial charge >= 0.3 is 0 Å². The summed E-state index contributed by atoms with van der Waals surface area (Å²) in [7, 11) is 0. The van der Waals surface area contributed by atoms with E-state index in [9.17, 15) is 14.7 Å². The Kier molecular flexibility index (Phi) is 4.22.